The third-order valence-electron chi connectivity index (χ3n) is 4.18. The van der Waals surface area contributed by atoms with Crippen molar-refractivity contribution in [3.63, 3.8) is 0 Å². The Balaban J connectivity index is 1.91. The highest BCUT2D eigenvalue weighted by Crippen LogP contribution is 2.29. The van der Waals surface area contributed by atoms with Gasteiger partial charge in [-0.25, -0.2) is 0 Å². The van der Waals surface area contributed by atoms with Gasteiger partial charge in [0.15, 0.2) is 0 Å². The number of aromatic nitrogens is 1. The molecule has 1 aliphatic rings. The number of nitrogens with one attached hydrogen (secondary N) is 1. The van der Waals surface area contributed by atoms with E-state index in [2.05, 4.69) is 23.2 Å². The number of carboxylic acid groups (broad SMARTS) is 1. The highest BCUT2D eigenvalue weighted by molar-refractivity contribution is 7.09. The van der Waals surface area contributed by atoms with Crippen LogP contribution in [-0.2, 0) is 24.2 Å². The summed E-state index contributed by atoms with van der Waals surface area (Å²) in [6.45, 7) is 0.401. The Bertz CT molecular complexity index is 778. The summed E-state index contributed by atoms with van der Waals surface area (Å²) in [5.74, 6) is -0.870. The molecule has 0 atom stereocenters. The minimum atomic E-state index is -0.870. The van der Waals surface area contributed by atoms with Gasteiger partial charge in [0.2, 0.25) is 0 Å². The molecule has 2 aromatic rings. The smallest absolute Gasteiger partial charge is 0.317 e. The molecule has 6 heteroatoms. The van der Waals surface area contributed by atoms with E-state index in [0.29, 0.717) is 6.54 Å². The van der Waals surface area contributed by atoms with Gasteiger partial charge >= 0.3 is 10.8 Å². The molecule has 0 amide bonds. The molecule has 0 saturated carbocycles. The van der Waals surface area contributed by atoms with Gasteiger partial charge in [0, 0.05) is 11.4 Å². The van der Waals surface area contributed by atoms with Gasteiger partial charge in [-0.2, -0.15) is 0 Å². The number of aryl methyl sites for hydroxylation is 2. The first-order chi connectivity index (χ1) is 11.0. The summed E-state index contributed by atoms with van der Waals surface area (Å²) in [4.78, 5) is 28.0. The van der Waals surface area contributed by atoms with Crippen molar-refractivity contribution in [1.82, 2.24) is 9.88 Å². The number of thiazole rings is 1. The Morgan fingerprint density at radius 3 is 2.78 bits per heavy atom. The first kappa shape index (κ1) is 16.0. The zero-order valence-electron chi connectivity index (χ0n) is 13.1. The minimum Gasteiger partial charge on any atom is -0.480 e. The van der Waals surface area contributed by atoms with Gasteiger partial charge in [-0.05, 0) is 55.5 Å². The number of carbonyl (C=O) groups is 1. The SMILES string of the molecule is CN(CC(=O)O)Cc1sc(=O)[nH]c1-c1ccc2c(c1)CCCC2. The van der Waals surface area contributed by atoms with Gasteiger partial charge in [-0.1, -0.05) is 23.5 Å². The maximum absolute atomic E-state index is 11.8. The molecule has 0 unspecified atom stereocenters. The Labute approximate surface area is 138 Å². The van der Waals surface area contributed by atoms with Gasteiger partial charge in [0.05, 0.1) is 12.2 Å². The summed E-state index contributed by atoms with van der Waals surface area (Å²) in [5, 5.41) is 8.88. The lowest BCUT2D eigenvalue weighted by molar-refractivity contribution is -0.138. The largest absolute Gasteiger partial charge is 0.480 e. The van der Waals surface area contributed by atoms with Crippen molar-refractivity contribution >= 4 is 17.3 Å². The van der Waals surface area contributed by atoms with Crippen molar-refractivity contribution in [1.29, 1.82) is 0 Å². The number of hydrogen-bond donors (Lipinski definition) is 2. The van der Waals surface area contributed by atoms with Crippen LogP contribution in [-0.4, -0.2) is 34.6 Å². The van der Waals surface area contributed by atoms with E-state index in [9.17, 15) is 9.59 Å². The quantitative estimate of drug-likeness (QED) is 0.882. The second-order valence-electron chi connectivity index (χ2n) is 6.07. The zero-order chi connectivity index (χ0) is 16.4. The Kier molecular flexibility index (Phi) is 4.63. The van der Waals surface area contributed by atoms with Crippen molar-refractivity contribution in [3.8, 4) is 11.3 Å². The monoisotopic (exact) mass is 332 g/mol. The van der Waals surface area contributed by atoms with Crippen molar-refractivity contribution in [3.05, 3.63) is 43.9 Å². The van der Waals surface area contributed by atoms with Crippen LogP contribution in [0.15, 0.2) is 23.0 Å². The van der Waals surface area contributed by atoms with Crippen LogP contribution in [0.3, 0.4) is 0 Å². The predicted octanol–water partition coefficient (Wildman–Crippen LogP) is 2.50. The lowest BCUT2D eigenvalue weighted by Gasteiger charge is -2.17. The number of aliphatic carboxylic acids is 1. The number of nitrogens with zero attached hydrogens (tertiary/aromatic N) is 1. The molecule has 0 radical (unpaired) electrons. The number of hydrogen-bond acceptors (Lipinski definition) is 4. The van der Waals surface area contributed by atoms with Crippen LogP contribution in [0.4, 0.5) is 0 Å². The van der Waals surface area contributed by atoms with Crippen molar-refractivity contribution in [2.75, 3.05) is 13.6 Å². The van der Waals surface area contributed by atoms with Gasteiger partial charge in [0.1, 0.15) is 0 Å². The zero-order valence-corrected chi connectivity index (χ0v) is 13.9. The fraction of sp³-hybridized carbons (Fsp3) is 0.412. The first-order valence-electron chi connectivity index (χ1n) is 7.77. The van der Waals surface area contributed by atoms with Crippen molar-refractivity contribution < 1.29 is 9.90 Å². The van der Waals surface area contributed by atoms with Crippen LogP contribution in [0.1, 0.15) is 28.8 Å². The lowest BCUT2D eigenvalue weighted by atomic mass is 9.90. The van der Waals surface area contributed by atoms with Crippen LogP contribution in [0, 0.1) is 0 Å². The van der Waals surface area contributed by atoms with Crippen molar-refractivity contribution in [2.45, 2.75) is 32.2 Å². The number of fused-ring (bicyclic) bond motifs is 1. The molecule has 0 aliphatic heterocycles. The van der Waals surface area contributed by atoms with Gasteiger partial charge in [-0.3, -0.25) is 14.5 Å². The highest BCUT2D eigenvalue weighted by atomic mass is 32.1. The Hall–Kier alpha value is -1.92. The Morgan fingerprint density at radius 2 is 2.04 bits per heavy atom. The summed E-state index contributed by atoms with van der Waals surface area (Å²) < 4.78 is 0. The predicted molar refractivity (Wildman–Crippen MR) is 91.0 cm³/mol. The molecule has 1 heterocycles. The second kappa shape index (κ2) is 6.68. The van der Waals surface area contributed by atoms with E-state index in [1.54, 1.807) is 11.9 Å². The minimum absolute atomic E-state index is 0.0459. The standard InChI is InChI=1S/C17H20N2O3S/c1-19(10-15(20)21)9-14-16(18-17(22)23-14)13-7-6-11-4-2-3-5-12(11)8-13/h6-8H,2-5,9-10H2,1H3,(H,18,22)(H,20,21). The summed E-state index contributed by atoms with van der Waals surface area (Å²) in [6, 6.07) is 6.39. The molecule has 0 bridgehead atoms. The van der Waals surface area contributed by atoms with E-state index in [1.807, 2.05) is 0 Å². The average Bonchev–Trinajstić information content (AvgIpc) is 2.86. The van der Waals surface area contributed by atoms with E-state index in [4.69, 9.17) is 5.11 Å². The molecular weight excluding hydrogens is 312 g/mol. The summed E-state index contributed by atoms with van der Waals surface area (Å²) in [6.07, 6.45) is 4.67. The number of rotatable bonds is 5. The van der Waals surface area contributed by atoms with E-state index in [-0.39, 0.29) is 11.4 Å². The number of H-pyrrole nitrogens is 1. The van der Waals surface area contributed by atoms with E-state index in [0.717, 1.165) is 40.3 Å². The molecule has 122 valence electrons. The molecule has 0 spiro atoms. The number of aromatic amines is 1. The maximum Gasteiger partial charge on any atom is 0.317 e. The molecular formula is C17H20N2O3S. The Morgan fingerprint density at radius 1 is 1.30 bits per heavy atom. The molecule has 5 nitrogen and oxygen atoms in total. The second-order valence-corrected chi connectivity index (χ2v) is 7.14. The molecule has 1 aromatic heterocycles. The van der Waals surface area contributed by atoms with Crippen LogP contribution in [0.25, 0.3) is 11.3 Å². The molecule has 3 rings (SSSR count). The summed E-state index contributed by atoms with van der Waals surface area (Å²) >= 11 is 1.16. The van der Waals surface area contributed by atoms with E-state index < -0.39 is 5.97 Å². The molecule has 0 fully saturated rings. The van der Waals surface area contributed by atoms with E-state index in [1.165, 1.54) is 24.0 Å². The lowest BCUT2D eigenvalue weighted by Crippen LogP contribution is -2.24. The molecule has 1 aromatic carbocycles. The van der Waals surface area contributed by atoms with Gasteiger partial charge in [-0.15, -0.1) is 0 Å². The average molecular weight is 332 g/mol. The van der Waals surface area contributed by atoms with Gasteiger partial charge < -0.3 is 10.1 Å². The summed E-state index contributed by atoms with van der Waals surface area (Å²) in [5.41, 5.74) is 4.61. The molecule has 0 saturated heterocycles. The third kappa shape index (κ3) is 3.71. The fourth-order valence-electron chi connectivity index (χ4n) is 3.13. The normalized spacial score (nSPS) is 14.0. The summed E-state index contributed by atoms with van der Waals surface area (Å²) in [7, 11) is 1.74. The van der Waals surface area contributed by atoms with E-state index >= 15 is 0 Å². The molecule has 1 aliphatic carbocycles. The van der Waals surface area contributed by atoms with Crippen LogP contribution >= 0.6 is 11.3 Å². The molecule has 2 N–H and O–H groups in total. The van der Waals surface area contributed by atoms with Crippen LogP contribution in [0.2, 0.25) is 0 Å². The molecule has 23 heavy (non-hydrogen) atoms. The van der Waals surface area contributed by atoms with Crippen LogP contribution in [0.5, 0.6) is 0 Å². The van der Waals surface area contributed by atoms with Gasteiger partial charge in [0.25, 0.3) is 0 Å². The van der Waals surface area contributed by atoms with Crippen LogP contribution < -0.4 is 4.87 Å². The van der Waals surface area contributed by atoms with Crippen molar-refractivity contribution in [2.24, 2.45) is 0 Å². The number of carboxylic acids is 1. The highest BCUT2D eigenvalue weighted by Gasteiger charge is 2.16. The third-order valence-corrected chi connectivity index (χ3v) is 5.04. The number of likely N-dealkylation sites (N-methyl/N-ethyl adjacent to an activating group) is 1. The maximum atomic E-state index is 11.8. The topological polar surface area (TPSA) is 73.4 Å². The first-order valence-corrected chi connectivity index (χ1v) is 8.59. The fourth-order valence-corrected chi connectivity index (χ4v) is 4.06. The number of benzene rings is 1.